The third kappa shape index (κ3) is 3.08. The lowest BCUT2D eigenvalue weighted by Gasteiger charge is -2.40. The first-order valence-corrected chi connectivity index (χ1v) is 10.9. The SMILES string of the molecule is O=C([C@@H]1COc2ccccc2O1)N1CCN(C2c3ccccc3-c3ccccc32)CC1. The quantitative estimate of drug-likeness (QED) is 0.643. The van der Waals surface area contributed by atoms with Crippen LogP contribution in [0.3, 0.4) is 0 Å². The fourth-order valence-electron chi connectivity index (χ4n) is 5.07. The molecule has 31 heavy (non-hydrogen) atoms. The van der Waals surface area contributed by atoms with E-state index < -0.39 is 6.10 Å². The standard InChI is InChI=1S/C26H24N2O3/c29-26(24-17-30-22-11-5-6-12-23(22)31-24)28-15-13-27(14-16-28)25-20-9-3-1-7-18(20)19-8-2-4-10-21(19)25/h1-12,24-25H,13-17H2/t24-/m0/s1. The molecule has 1 saturated heterocycles. The Kier molecular flexibility index (Phi) is 4.42. The molecule has 0 unspecified atom stereocenters. The molecular formula is C26H24N2O3. The molecule has 2 aliphatic heterocycles. The van der Waals surface area contributed by atoms with Crippen LogP contribution in [0, 0.1) is 0 Å². The van der Waals surface area contributed by atoms with Crippen molar-refractivity contribution < 1.29 is 14.3 Å². The van der Waals surface area contributed by atoms with Crippen LogP contribution < -0.4 is 9.47 Å². The van der Waals surface area contributed by atoms with Gasteiger partial charge >= 0.3 is 0 Å². The number of piperazine rings is 1. The van der Waals surface area contributed by atoms with Crippen molar-refractivity contribution in [2.24, 2.45) is 0 Å². The van der Waals surface area contributed by atoms with Gasteiger partial charge in [0.1, 0.15) is 6.61 Å². The molecule has 1 aliphatic carbocycles. The number of rotatable bonds is 2. The number of para-hydroxylation sites is 2. The second-order valence-electron chi connectivity index (χ2n) is 8.30. The van der Waals surface area contributed by atoms with Crippen LogP contribution in [-0.4, -0.2) is 54.6 Å². The van der Waals surface area contributed by atoms with Gasteiger partial charge in [0, 0.05) is 26.2 Å². The maximum absolute atomic E-state index is 13.1. The molecule has 0 bridgehead atoms. The Hall–Kier alpha value is -3.31. The first kappa shape index (κ1) is 18.5. The third-order valence-electron chi connectivity index (χ3n) is 6.58. The van der Waals surface area contributed by atoms with Gasteiger partial charge in [-0.25, -0.2) is 0 Å². The van der Waals surface area contributed by atoms with Gasteiger partial charge in [-0.2, -0.15) is 0 Å². The average molecular weight is 412 g/mol. The molecule has 1 fully saturated rings. The summed E-state index contributed by atoms with van der Waals surface area (Å²) < 4.78 is 11.7. The highest BCUT2D eigenvalue weighted by atomic mass is 16.6. The number of fused-ring (bicyclic) bond motifs is 4. The summed E-state index contributed by atoms with van der Waals surface area (Å²) in [6.07, 6.45) is -0.575. The Labute approximate surface area is 181 Å². The lowest BCUT2D eigenvalue weighted by molar-refractivity contribution is -0.143. The van der Waals surface area contributed by atoms with E-state index in [-0.39, 0.29) is 18.6 Å². The molecule has 3 aromatic carbocycles. The highest BCUT2D eigenvalue weighted by Crippen LogP contribution is 2.46. The van der Waals surface area contributed by atoms with Gasteiger partial charge in [-0.05, 0) is 34.4 Å². The van der Waals surface area contributed by atoms with Crippen molar-refractivity contribution >= 4 is 5.91 Å². The first-order chi connectivity index (χ1) is 15.3. The van der Waals surface area contributed by atoms with Gasteiger partial charge in [0.05, 0.1) is 6.04 Å². The Balaban J connectivity index is 1.17. The Morgan fingerprint density at radius 2 is 1.32 bits per heavy atom. The number of hydrogen-bond donors (Lipinski definition) is 0. The maximum Gasteiger partial charge on any atom is 0.267 e. The molecule has 5 nitrogen and oxygen atoms in total. The summed E-state index contributed by atoms with van der Waals surface area (Å²) in [5.74, 6) is 1.36. The first-order valence-electron chi connectivity index (χ1n) is 10.9. The second-order valence-corrected chi connectivity index (χ2v) is 8.30. The molecule has 2 heterocycles. The Morgan fingerprint density at radius 1 is 0.742 bits per heavy atom. The highest BCUT2D eigenvalue weighted by Gasteiger charge is 2.37. The van der Waals surface area contributed by atoms with Gasteiger partial charge in [-0.1, -0.05) is 60.7 Å². The zero-order valence-electron chi connectivity index (χ0n) is 17.2. The summed E-state index contributed by atoms with van der Waals surface area (Å²) >= 11 is 0. The molecule has 6 rings (SSSR count). The Morgan fingerprint density at radius 3 is 2.00 bits per heavy atom. The summed E-state index contributed by atoms with van der Waals surface area (Å²) in [6.45, 7) is 3.33. The molecule has 0 spiro atoms. The predicted octanol–water partition coefficient (Wildman–Crippen LogP) is 3.74. The Bertz CT molecular complexity index is 1090. The van der Waals surface area contributed by atoms with E-state index in [1.165, 1.54) is 22.3 Å². The molecular weight excluding hydrogens is 388 g/mol. The van der Waals surface area contributed by atoms with Crippen LogP contribution in [0.4, 0.5) is 0 Å². The molecule has 3 aliphatic rings. The van der Waals surface area contributed by atoms with Crippen molar-refractivity contribution in [2.75, 3.05) is 32.8 Å². The minimum atomic E-state index is -0.575. The van der Waals surface area contributed by atoms with Gasteiger partial charge in [-0.3, -0.25) is 9.69 Å². The van der Waals surface area contributed by atoms with Crippen LogP contribution in [0.25, 0.3) is 11.1 Å². The van der Waals surface area contributed by atoms with Crippen LogP contribution in [0.1, 0.15) is 17.2 Å². The fourth-order valence-corrected chi connectivity index (χ4v) is 5.07. The predicted molar refractivity (Wildman–Crippen MR) is 118 cm³/mol. The number of amides is 1. The maximum atomic E-state index is 13.1. The molecule has 0 radical (unpaired) electrons. The summed E-state index contributed by atoms with van der Waals surface area (Å²) in [5.41, 5.74) is 5.38. The van der Waals surface area contributed by atoms with Gasteiger partial charge in [0.25, 0.3) is 5.91 Å². The largest absolute Gasteiger partial charge is 0.485 e. The van der Waals surface area contributed by atoms with Crippen LogP contribution in [0.15, 0.2) is 72.8 Å². The van der Waals surface area contributed by atoms with Crippen molar-refractivity contribution in [3.63, 3.8) is 0 Å². The molecule has 5 heteroatoms. The van der Waals surface area contributed by atoms with E-state index in [4.69, 9.17) is 9.47 Å². The molecule has 1 atom stereocenters. The fraction of sp³-hybridized carbons (Fsp3) is 0.269. The van der Waals surface area contributed by atoms with Crippen LogP contribution in [0.5, 0.6) is 11.5 Å². The smallest absolute Gasteiger partial charge is 0.267 e. The van der Waals surface area contributed by atoms with Crippen LogP contribution in [-0.2, 0) is 4.79 Å². The van der Waals surface area contributed by atoms with Gasteiger partial charge in [0.15, 0.2) is 11.5 Å². The number of carbonyl (C=O) groups excluding carboxylic acids is 1. The van der Waals surface area contributed by atoms with Crippen molar-refractivity contribution in [1.29, 1.82) is 0 Å². The van der Waals surface area contributed by atoms with Crippen molar-refractivity contribution in [2.45, 2.75) is 12.1 Å². The monoisotopic (exact) mass is 412 g/mol. The van der Waals surface area contributed by atoms with Crippen molar-refractivity contribution in [1.82, 2.24) is 9.80 Å². The normalized spacial score (nSPS) is 20.3. The van der Waals surface area contributed by atoms with E-state index in [0.717, 1.165) is 13.1 Å². The average Bonchev–Trinajstić information content (AvgIpc) is 3.18. The van der Waals surface area contributed by atoms with Gasteiger partial charge in [-0.15, -0.1) is 0 Å². The second kappa shape index (κ2) is 7.43. The minimum Gasteiger partial charge on any atom is -0.485 e. The van der Waals surface area contributed by atoms with Crippen molar-refractivity contribution in [3.8, 4) is 22.6 Å². The molecule has 156 valence electrons. The summed E-state index contributed by atoms with van der Waals surface area (Å²) in [6, 6.07) is 25.1. The van der Waals surface area contributed by atoms with E-state index in [1.807, 2.05) is 29.2 Å². The summed E-state index contributed by atoms with van der Waals surface area (Å²) in [4.78, 5) is 17.5. The number of nitrogens with zero attached hydrogens (tertiary/aromatic N) is 2. The zero-order chi connectivity index (χ0) is 20.8. The van der Waals surface area contributed by atoms with Gasteiger partial charge in [0.2, 0.25) is 6.10 Å². The molecule has 1 amide bonds. The minimum absolute atomic E-state index is 0.0152. The van der Waals surface area contributed by atoms with E-state index in [1.54, 1.807) is 0 Å². The summed E-state index contributed by atoms with van der Waals surface area (Å²) in [7, 11) is 0. The van der Waals surface area contributed by atoms with E-state index >= 15 is 0 Å². The number of ether oxygens (including phenoxy) is 2. The molecule has 3 aromatic rings. The number of carbonyl (C=O) groups is 1. The lowest BCUT2D eigenvalue weighted by atomic mass is 10.0. The lowest BCUT2D eigenvalue weighted by Crippen LogP contribution is -2.54. The summed E-state index contributed by atoms with van der Waals surface area (Å²) in [5, 5.41) is 0. The van der Waals surface area contributed by atoms with Crippen molar-refractivity contribution in [3.05, 3.63) is 83.9 Å². The van der Waals surface area contributed by atoms with Crippen LogP contribution >= 0.6 is 0 Å². The van der Waals surface area contributed by atoms with E-state index in [0.29, 0.717) is 24.6 Å². The molecule has 0 saturated carbocycles. The number of hydrogen-bond acceptors (Lipinski definition) is 4. The topological polar surface area (TPSA) is 42.0 Å². The molecule has 0 aromatic heterocycles. The highest BCUT2D eigenvalue weighted by molar-refractivity contribution is 5.82. The molecule has 0 N–H and O–H groups in total. The van der Waals surface area contributed by atoms with Gasteiger partial charge < -0.3 is 14.4 Å². The third-order valence-corrected chi connectivity index (χ3v) is 6.58. The van der Waals surface area contributed by atoms with Crippen LogP contribution in [0.2, 0.25) is 0 Å². The van der Waals surface area contributed by atoms with E-state index in [9.17, 15) is 4.79 Å². The van der Waals surface area contributed by atoms with E-state index in [2.05, 4.69) is 53.4 Å². The zero-order valence-corrected chi connectivity index (χ0v) is 17.2. The number of benzene rings is 3.